The van der Waals surface area contributed by atoms with Crippen molar-refractivity contribution in [2.75, 3.05) is 24.5 Å². The van der Waals surface area contributed by atoms with Crippen molar-refractivity contribution in [1.29, 1.82) is 0 Å². The number of hydrogen-bond donors (Lipinski definition) is 1. The number of methoxy groups -OCH3 is 1. The van der Waals surface area contributed by atoms with Crippen LogP contribution in [0.25, 0.3) is 0 Å². The molecule has 0 aliphatic rings. The van der Waals surface area contributed by atoms with Crippen molar-refractivity contribution in [3.63, 3.8) is 0 Å². The largest absolute Gasteiger partial charge is 0.496 e. The smallest absolute Gasteiger partial charge is 0.264 e. The molecule has 1 unspecified atom stereocenters. The molecule has 0 aromatic heterocycles. The highest BCUT2D eigenvalue weighted by Crippen LogP contribution is 2.31. The number of hydrogen-bond acceptors (Lipinski definition) is 5. The third-order valence-corrected chi connectivity index (χ3v) is 9.64. The van der Waals surface area contributed by atoms with Gasteiger partial charge in [-0.05, 0) is 84.2 Å². The van der Waals surface area contributed by atoms with E-state index >= 15 is 0 Å². The van der Waals surface area contributed by atoms with Crippen LogP contribution in [0.1, 0.15) is 37.8 Å². The number of benzene rings is 3. The number of sulfonamides is 1. The fraction of sp³-hybridized carbons (Fsp3) is 0.333. The summed E-state index contributed by atoms with van der Waals surface area (Å²) >= 11 is 15.9. The van der Waals surface area contributed by atoms with E-state index in [0.717, 1.165) is 22.7 Å². The van der Waals surface area contributed by atoms with Gasteiger partial charge in [0.2, 0.25) is 11.8 Å². The van der Waals surface area contributed by atoms with Gasteiger partial charge >= 0.3 is 0 Å². The fourth-order valence-corrected chi connectivity index (χ4v) is 6.73. The Morgan fingerprint density at radius 3 is 2.33 bits per heavy atom. The summed E-state index contributed by atoms with van der Waals surface area (Å²) in [4.78, 5) is 28.4. The number of carbonyl (C=O) groups is 2. The number of carbonyl (C=O) groups excluding carboxylic acids is 2. The molecular weight excluding hydrogens is 665 g/mol. The van der Waals surface area contributed by atoms with Crippen LogP contribution in [0, 0.1) is 6.92 Å². The molecule has 8 nitrogen and oxygen atoms in total. The van der Waals surface area contributed by atoms with Crippen LogP contribution in [0.5, 0.6) is 5.75 Å². The third kappa shape index (κ3) is 8.40. The third-order valence-electron chi connectivity index (χ3n) is 6.66. The molecule has 0 aliphatic carbocycles. The molecule has 1 N–H and O–H groups in total. The average Bonchev–Trinajstić information content (AvgIpc) is 2.95. The fourth-order valence-electron chi connectivity index (χ4n) is 4.13. The Balaban J connectivity index is 2.04. The van der Waals surface area contributed by atoms with Gasteiger partial charge in [-0.3, -0.25) is 13.9 Å². The van der Waals surface area contributed by atoms with Crippen molar-refractivity contribution in [3.05, 3.63) is 86.3 Å². The monoisotopic (exact) mass is 697 g/mol. The minimum atomic E-state index is -4.24. The number of nitrogens with zero attached hydrogens (tertiary/aromatic N) is 2. The van der Waals surface area contributed by atoms with Gasteiger partial charge in [0.05, 0.1) is 22.2 Å². The number of anilines is 1. The molecule has 0 aliphatic heterocycles. The zero-order valence-corrected chi connectivity index (χ0v) is 27.8. The second-order valence-electron chi connectivity index (χ2n) is 9.72. The van der Waals surface area contributed by atoms with Crippen molar-refractivity contribution in [1.82, 2.24) is 10.2 Å². The molecule has 0 spiro atoms. The van der Waals surface area contributed by atoms with Crippen LogP contribution >= 0.6 is 39.1 Å². The van der Waals surface area contributed by atoms with Crippen molar-refractivity contribution < 1.29 is 22.7 Å². The molecule has 42 heavy (non-hydrogen) atoms. The van der Waals surface area contributed by atoms with Gasteiger partial charge in [-0.15, -0.1) is 0 Å². The Hall–Kier alpha value is -2.79. The molecule has 0 saturated carbocycles. The number of aryl methyl sites for hydroxylation is 1. The van der Waals surface area contributed by atoms with Crippen LogP contribution in [-0.4, -0.2) is 51.4 Å². The quantitative estimate of drug-likeness (QED) is 0.203. The second-order valence-corrected chi connectivity index (χ2v) is 13.3. The normalized spacial score (nSPS) is 12.0. The Morgan fingerprint density at radius 2 is 1.74 bits per heavy atom. The highest BCUT2D eigenvalue weighted by molar-refractivity contribution is 9.10. The van der Waals surface area contributed by atoms with Gasteiger partial charge in [0.25, 0.3) is 10.0 Å². The predicted molar refractivity (Wildman–Crippen MR) is 171 cm³/mol. The Kier molecular flexibility index (Phi) is 12.1. The number of nitrogens with one attached hydrogen (secondary N) is 1. The zero-order chi connectivity index (χ0) is 31.0. The van der Waals surface area contributed by atoms with Crippen molar-refractivity contribution in [3.8, 4) is 5.75 Å². The first-order valence-electron chi connectivity index (χ1n) is 13.3. The molecule has 3 aromatic rings. The summed E-state index contributed by atoms with van der Waals surface area (Å²) in [6.45, 7) is 5.36. The van der Waals surface area contributed by atoms with E-state index < -0.39 is 28.5 Å². The summed E-state index contributed by atoms with van der Waals surface area (Å²) in [6.07, 6.45) is 1.68. The van der Waals surface area contributed by atoms with Crippen LogP contribution in [0.2, 0.25) is 10.0 Å². The highest BCUT2D eigenvalue weighted by Gasteiger charge is 2.33. The molecule has 2 amide bonds. The number of ether oxygens (including phenoxy) is 1. The van der Waals surface area contributed by atoms with E-state index in [2.05, 4.69) is 21.2 Å². The molecule has 0 fully saturated rings. The molecule has 12 heteroatoms. The van der Waals surface area contributed by atoms with E-state index in [9.17, 15) is 18.0 Å². The first-order valence-corrected chi connectivity index (χ1v) is 16.3. The van der Waals surface area contributed by atoms with E-state index in [1.165, 1.54) is 30.2 Å². The van der Waals surface area contributed by atoms with Crippen LogP contribution in [0.15, 0.2) is 70.0 Å². The molecule has 3 rings (SSSR count). The summed E-state index contributed by atoms with van der Waals surface area (Å²) in [7, 11) is -2.76. The zero-order valence-electron chi connectivity index (χ0n) is 23.9. The lowest BCUT2D eigenvalue weighted by atomic mass is 10.1. The molecule has 0 radical (unpaired) electrons. The Bertz CT molecular complexity index is 1520. The lowest BCUT2D eigenvalue weighted by molar-refractivity contribution is -0.139. The van der Waals surface area contributed by atoms with Gasteiger partial charge in [0, 0.05) is 23.1 Å². The predicted octanol–water partition coefficient (Wildman–Crippen LogP) is 6.60. The molecule has 1 atom stereocenters. The first-order chi connectivity index (χ1) is 19.9. The van der Waals surface area contributed by atoms with Gasteiger partial charge in [-0.1, -0.05) is 60.3 Å². The maximum Gasteiger partial charge on any atom is 0.264 e. The van der Waals surface area contributed by atoms with Crippen molar-refractivity contribution >= 4 is 66.7 Å². The van der Waals surface area contributed by atoms with Crippen LogP contribution in [0.4, 0.5) is 5.69 Å². The Morgan fingerprint density at radius 1 is 1.05 bits per heavy atom. The van der Waals surface area contributed by atoms with Crippen LogP contribution < -0.4 is 14.4 Å². The van der Waals surface area contributed by atoms with Crippen molar-refractivity contribution in [2.45, 2.75) is 51.1 Å². The minimum absolute atomic E-state index is 0.0347. The SMILES string of the molecule is CCCCNC(=O)C(C)N(Cc1ccc(Cl)cc1Cl)C(=O)CN(c1ccc(C)cc1)S(=O)(=O)c1ccc(OC)c(Br)c1. The minimum Gasteiger partial charge on any atom is -0.496 e. The average molecular weight is 699 g/mol. The number of halogens is 3. The molecular formula is C30H34BrCl2N3O5S. The lowest BCUT2D eigenvalue weighted by Gasteiger charge is -2.32. The van der Waals surface area contributed by atoms with E-state index in [1.54, 1.807) is 49.4 Å². The van der Waals surface area contributed by atoms with E-state index in [0.29, 0.717) is 38.1 Å². The Labute approximate surface area is 266 Å². The van der Waals surface area contributed by atoms with Gasteiger partial charge in [-0.2, -0.15) is 0 Å². The highest BCUT2D eigenvalue weighted by atomic mass is 79.9. The second kappa shape index (κ2) is 15.1. The van der Waals surface area contributed by atoms with E-state index in [-0.39, 0.29) is 17.3 Å². The standard InChI is InChI=1S/C30H34BrCl2N3O5S/c1-5-6-15-34-30(38)21(3)35(18-22-9-10-23(32)16-27(22)33)29(37)19-36(24-11-7-20(2)8-12-24)42(39,40)25-13-14-28(41-4)26(31)17-25/h7-14,16-17,21H,5-6,15,18-19H2,1-4H3,(H,34,38). The van der Waals surface area contributed by atoms with Crippen molar-refractivity contribution in [2.24, 2.45) is 0 Å². The van der Waals surface area contributed by atoms with Gasteiger partial charge in [0.1, 0.15) is 18.3 Å². The molecule has 0 heterocycles. The number of amides is 2. The first kappa shape index (κ1) is 33.7. The van der Waals surface area contributed by atoms with E-state index in [1.807, 2.05) is 13.8 Å². The topological polar surface area (TPSA) is 96.0 Å². The van der Waals surface area contributed by atoms with Gasteiger partial charge in [0.15, 0.2) is 0 Å². The van der Waals surface area contributed by atoms with Gasteiger partial charge < -0.3 is 15.0 Å². The molecule has 3 aromatic carbocycles. The van der Waals surface area contributed by atoms with Crippen LogP contribution in [0.3, 0.4) is 0 Å². The molecule has 0 bridgehead atoms. The summed E-state index contributed by atoms with van der Waals surface area (Å²) < 4.78 is 34.8. The molecule has 0 saturated heterocycles. The summed E-state index contributed by atoms with van der Waals surface area (Å²) in [5.74, 6) is -0.484. The molecule has 226 valence electrons. The maximum absolute atomic E-state index is 14.0. The number of rotatable bonds is 13. The van der Waals surface area contributed by atoms with Crippen LogP contribution in [-0.2, 0) is 26.2 Å². The summed E-state index contributed by atoms with van der Waals surface area (Å²) in [6, 6.07) is 15.1. The lowest BCUT2D eigenvalue weighted by Crippen LogP contribution is -2.51. The van der Waals surface area contributed by atoms with E-state index in [4.69, 9.17) is 27.9 Å². The number of unbranched alkanes of at least 4 members (excludes halogenated alkanes) is 1. The van der Waals surface area contributed by atoms with Gasteiger partial charge in [-0.25, -0.2) is 8.42 Å². The summed E-state index contributed by atoms with van der Waals surface area (Å²) in [5, 5.41) is 3.61. The maximum atomic E-state index is 14.0. The summed E-state index contributed by atoms with van der Waals surface area (Å²) in [5.41, 5.74) is 1.78.